The first kappa shape index (κ1) is 35.6. The molecule has 2 aromatic carbocycles. The third kappa shape index (κ3) is 9.23. The van der Waals surface area contributed by atoms with Crippen molar-refractivity contribution in [3.8, 4) is 33.8 Å². The average molecular weight is 709 g/mol. The Morgan fingerprint density at radius 1 is 1.02 bits per heavy atom. The molecule has 0 saturated carbocycles. The van der Waals surface area contributed by atoms with E-state index in [1.165, 1.54) is 18.1 Å². The Bertz CT molecular complexity index is 1850. The van der Waals surface area contributed by atoms with Crippen LogP contribution in [0.25, 0.3) is 39.2 Å². The Hall–Kier alpha value is -3.75. The summed E-state index contributed by atoms with van der Waals surface area (Å²) >= 11 is 8.17. The number of benzene rings is 2. The van der Waals surface area contributed by atoms with Crippen LogP contribution in [0.5, 0.6) is 5.75 Å². The molecule has 0 aliphatic rings. The molecular formula is C34H41ClN6O5SSi. The Morgan fingerprint density at radius 2 is 1.77 bits per heavy atom. The molecule has 0 fully saturated rings. The van der Waals surface area contributed by atoms with Crippen LogP contribution in [-0.2, 0) is 25.7 Å². The number of hydrogen-bond donors (Lipinski definition) is 0. The number of thioether (sulfide) groups is 1. The van der Waals surface area contributed by atoms with E-state index in [0.29, 0.717) is 33.9 Å². The number of methoxy groups -OCH3 is 1. The molecule has 3 heterocycles. The van der Waals surface area contributed by atoms with Crippen LogP contribution in [0, 0.1) is 0 Å². The molecule has 0 bridgehead atoms. The van der Waals surface area contributed by atoms with E-state index < -0.39 is 13.7 Å². The van der Waals surface area contributed by atoms with Gasteiger partial charge in [0.25, 0.3) is 0 Å². The Kier molecular flexibility index (Phi) is 11.3. The number of nitrogens with zero attached hydrogens (tertiary/aromatic N) is 6. The summed E-state index contributed by atoms with van der Waals surface area (Å²) in [6.07, 6.45) is 3.11. The van der Waals surface area contributed by atoms with E-state index in [9.17, 15) is 4.79 Å². The van der Waals surface area contributed by atoms with Gasteiger partial charge in [0, 0.05) is 39.0 Å². The fraction of sp³-hybridized carbons (Fsp3) is 0.382. The number of carbonyl (C=O) groups is 1. The molecule has 0 saturated heterocycles. The van der Waals surface area contributed by atoms with Crippen molar-refractivity contribution in [3.05, 3.63) is 66.2 Å². The highest BCUT2D eigenvalue weighted by Crippen LogP contribution is 2.36. The highest BCUT2D eigenvalue weighted by atomic mass is 35.5. The number of carbonyl (C=O) groups excluding carboxylic acids is 1. The second-order valence-electron chi connectivity index (χ2n) is 13.4. The summed E-state index contributed by atoms with van der Waals surface area (Å²) in [5.74, 6) is 0.429. The monoisotopic (exact) mass is 708 g/mol. The third-order valence-corrected chi connectivity index (χ3v) is 10.0. The fourth-order valence-electron chi connectivity index (χ4n) is 4.75. The second kappa shape index (κ2) is 15.2. The van der Waals surface area contributed by atoms with Crippen molar-refractivity contribution in [2.24, 2.45) is 0 Å². The molecule has 0 atom stereocenters. The summed E-state index contributed by atoms with van der Waals surface area (Å²) < 4.78 is 26.3. The fourth-order valence-corrected chi connectivity index (χ4v) is 6.53. The van der Waals surface area contributed by atoms with E-state index in [-0.39, 0.29) is 25.2 Å². The Labute approximate surface area is 291 Å². The van der Waals surface area contributed by atoms with Gasteiger partial charge < -0.3 is 18.9 Å². The topological polar surface area (TPSA) is 115 Å². The number of halogens is 1. The molecule has 0 N–H and O–H groups in total. The summed E-state index contributed by atoms with van der Waals surface area (Å²) in [4.78, 5) is 26.3. The van der Waals surface area contributed by atoms with Crippen LogP contribution in [0.15, 0.2) is 66.3 Å². The number of ether oxygens (including phenoxy) is 4. The maximum Gasteiger partial charge on any atom is 0.316 e. The highest BCUT2D eigenvalue weighted by molar-refractivity contribution is 7.99. The number of imidazole rings is 1. The van der Waals surface area contributed by atoms with E-state index >= 15 is 0 Å². The van der Waals surface area contributed by atoms with E-state index in [2.05, 4.69) is 29.7 Å². The first-order valence-electron chi connectivity index (χ1n) is 15.5. The maximum absolute atomic E-state index is 12.5. The maximum atomic E-state index is 12.5. The van der Waals surface area contributed by atoms with Gasteiger partial charge in [0.05, 0.1) is 27.7 Å². The molecule has 0 amide bonds. The van der Waals surface area contributed by atoms with Crippen LogP contribution < -0.4 is 4.74 Å². The molecular weight excluding hydrogens is 668 g/mol. The quantitative estimate of drug-likeness (QED) is 0.0373. The van der Waals surface area contributed by atoms with Crippen molar-refractivity contribution in [1.82, 2.24) is 29.3 Å². The molecule has 0 aliphatic heterocycles. The van der Waals surface area contributed by atoms with Gasteiger partial charge in [-0.2, -0.15) is 5.10 Å². The van der Waals surface area contributed by atoms with Crippen LogP contribution in [0.2, 0.25) is 30.7 Å². The van der Waals surface area contributed by atoms with E-state index in [4.69, 9.17) is 40.5 Å². The van der Waals surface area contributed by atoms with E-state index in [1.807, 2.05) is 73.9 Å². The smallest absolute Gasteiger partial charge is 0.316 e. The van der Waals surface area contributed by atoms with Crippen LogP contribution in [0.4, 0.5) is 0 Å². The number of hydrogen-bond acceptors (Lipinski definition) is 10. The average Bonchev–Trinajstić information content (AvgIpc) is 3.68. The molecule has 3 aromatic heterocycles. The SMILES string of the molecule is COCOc1cc(-n2cncn2)ccc1-c1ccc(-c2nc3nc(SCC(=O)OC(C)(C)C)n(COCC[Si](C)(C)C)c3cc2Cl)cc1. The van der Waals surface area contributed by atoms with Gasteiger partial charge in [-0.25, -0.2) is 19.6 Å². The third-order valence-electron chi connectivity index (χ3n) is 7.07. The molecule has 11 nitrogen and oxygen atoms in total. The van der Waals surface area contributed by atoms with Gasteiger partial charge in [-0.3, -0.25) is 9.36 Å². The van der Waals surface area contributed by atoms with E-state index in [1.54, 1.807) is 18.1 Å². The summed E-state index contributed by atoms with van der Waals surface area (Å²) in [5, 5.41) is 5.30. The second-order valence-corrected chi connectivity index (χ2v) is 20.3. The lowest BCUT2D eigenvalue weighted by Crippen LogP contribution is -2.25. The number of esters is 1. The number of aromatic nitrogens is 6. The zero-order valence-corrected chi connectivity index (χ0v) is 30.9. The predicted octanol–water partition coefficient (Wildman–Crippen LogP) is 7.73. The van der Waals surface area contributed by atoms with Gasteiger partial charge in [-0.15, -0.1) is 0 Å². The molecule has 254 valence electrons. The lowest BCUT2D eigenvalue weighted by Gasteiger charge is -2.19. The first-order valence-corrected chi connectivity index (χ1v) is 20.6. The number of pyridine rings is 1. The van der Waals surface area contributed by atoms with Gasteiger partial charge in [0.2, 0.25) is 0 Å². The molecule has 0 aliphatic carbocycles. The molecule has 0 radical (unpaired) electrons. The summed E-state index contributed by atoms with van der Waals surface area (Å²) in [7, 11) is 0.309. The summed E-state index contributed by atoms with van der Waals surface area (Å²) in [6, 6.07) is 16.6. The summed E-state index contributed by atoms with van der Waals surface area (Å²) in [6.45, 7) is 13.5. The molecule has 14 heteroatoms. The largest absolute Gasteiger partial charge is 0.467 e. The zero-order valence-electron chi connectivity index (χ0n) is 28.3. The minimum absolute atomic E-state index is 0.0967. The van der Waals surface area contributed by atoms with Gasteiger partial charge in [-0.1, -0.05) is 67.3 Å². The van der Waals surface area contributed by atoms with Crippen molar-refractivity contribution in [1.29, 1.82) is 0 Å². The standard InChI is InChI=1S/C34H41ClN6O5SSi/c1-34(2,3)46-30(42)18-47-33-39-32-28(40(33)21-44-14-15-48(5,6)7)17-27(35)31(38-32)24-10-8-23(9-11-24)26-13-12-25(41-20-36-19-37-41)16-29(26)45-22-43-4/h8-13,16-17,19-20H,14-15,18,21-22H2,1-7H3. The Morgan fingerprint density at radius 3 is 2.44 bits per heavy atom. The number of fused-ring (bicyclic) bond motifs is 1. The highest BCUT2D eigenvalue weighted by Gasteiger charge is 2.21. The van der Waals surface area contributed by atoms with E-state index in [0.717, 1.165) is 33.9 Å². The van der Waals surface area contributed by atoms with Crippen molar-refractivity contribution in [2.75, 3.05) is 26.3 Å². The van der Waals surface area contributed by atoms with Crippen molar-refractivity contribution < 1.29 is 23.7 Å². The van der Waals surface area contributed by atoms with Gasteiger partial charge in [0.15, 0.2) is 17.6 Å². The van der Waals surface area contributed by atoms with Gasteiger partial charge >= 0.3 is 5.97 Å². The van der Waals surface area contributed by atoms with Gasteiger partial charge in [-0.05, 0) is 50.6 Å². The van der Waals surface area contributed by atoms with Crippen molar-refractivity contribution in [2.45, 2.75) is 63.9 Å². The molecule has 5 rings (SSSR count). The molecule has 0 spiro atoms. The lowest BCUT2D eigenvalue weighted by molar-refractivity contribution is -0.151. The molecule has 48 heavy (non-hydrogen) atoms. The first-order chi connectivity index (χ1) is 22.8. The number of rotatable bonds is 14. The molecule has 5 aromatic rings. The Balaban J connectivity index is 1.43. The normalized spacial score (nSPS) is 12.1. The minimum Gasteiger partial charge on any atom is -0.467 e. The predicted molar refractivity (Wildman–Crippen MR) is 192 cm³/mol. The van der Waals surface area contributed by atoms with Crippen LogP contribution in [0.1, 0.15) is 20.8 Å². The lowest BCUT2D eigenvalue weighted by atomic mass is 10.0. The van der Waals surface area contributed by atoms with Crippen LogP contribution in [0.3, 0.4) is 0 Å². The minimum atomic E-state index is -1.27. The van der Waals surface area contributed by atoms with Crippen molar-refractivity contribution in [3.63, 3.8) is 0 Å². The van der Waals surface area contributed by atoms with Crippen LogP contribution in [-0.4, -0.2) is 75.2 Å². The summed E-state index contributed by atoms with van der Waals surface area (Å²) in [5.41, 5.74) is 4.73. The molecule has 0 unspecified atom stereocenters. The van der Waals surface area contributed by atoms with Crippen molar-refractivity contribution >= 4 is 48.6 Å². The van der Waals surface area contributed by atoms with Gasteiger partial charge in [0.1, 0.15) is 30.7 Å². The van der Waals surface area contributed by atoms with Crippen LogP contribution >= 0.6 is 23.4 Å². The zero-order chi connectivity index (χ0) is 34.5.